The fourth-order valence-electron chi connectivity index (χ4n) is 2.61. The van der Waals surface area contributed by atoms with Crippen LogP contribution in [0.4, 0.5) is 13.2 Å². The molecule has 1 aromatic carbocycles. The quantitative estimate of drug-likeness (QED) is 0.611. The molecule has 2 atom stereocenters. The van der Waals surface area contributed by atoms with Crippen molar-refractivity contribution >= 4 is 11.9 Å². The molecule has 0 aliphatic carbocycles. The van der Waals surface area contributed by atoms with E-state index >= 15 is 0 Å². The van der Waals surface area contributed by atoms with Crippen molar-refractivity contribution in [2.45, 2.75) is 32.1 Å². The van der Waals surface area contributed by atoms with Crippen LogP contribution in [0.3, 0.4) is 0 Å². The van der Waals surface area contributed by atoms with Crippen LogP contribution in [0.2, 0.25) is 0 Å². The van der Waals surface area contributed by atoms with Crippen molar-refractivity contribution in [1.29, 1.82) is 0 Å². The second kappa shape index (κ2) is 7.21. The minimum atomic E-state index is -4.44. The topological polar surface area (TPSA) is 55.8 Å². The lowest BCUT2D eigenvalue weighted by Gasteiger charge is -2.40. The zero-order chi connectivity index (χ0) is 17.9. The van der Waals surface area contributed by atoms with E-state index in [2.05, 4.69) is 0 Å². The Labute approximate surface area is 137 Å². The Balaban J connectivity index is 2.28. The van der Waals surface area contributed by atoms with Gasteiger partial charge in [0.1, 0.15) is 0 Å². The summed E-state index contributed by atoms with van der Waals surface area (Å²) in [5, 5.41) is 0. The Morgan fingerprint density at radius 1 is 1.25 bits per heavy atom. The Hall–Kier alpha value is -2.09. The van der Waals surface area contributed by atoms with E-state index < -0.39 is 35.7 Å². The van der Waals surface area contributed by atoms with Crippen LogP contribution in [-0.2, 0) is 25.2 Å². The van der Waals surface area contributed by atoms with Gasteiger partial charge in [-0.3, -0.25) is 4.79 Å². The van der Waals surface area contributed by atoms with Gasteiger partial charge in [0, 0.05) is 0 Å². The van der Waals surface area contributed by atoms with E-state index in [1.54, 1.807) is 13.8 Å². The third-order valence-electron chi connectivity index (χ3n) is 3.75. The highest BCUT2D eigenvalue weighted by atomic mass is 19.4. The molecule has 0 bridgehead atoms. The minimum Gasteiger partial charge on any atom is -0.459 e. The lowest BCUT2D eigenvalue weighted by atomic mass is 10.0. The summed E-state index contributed by atoms with van der Waals surface area (Å²) < 4.78 is 48.1. The van der Waals surface area contributed by atoms with E-state index in [0.717, 1.165) is 12.1 Å². The van der Waals surface area contributed by atoms with Crippen LogP contribution in [0.1, 0.15) is 31.0 Å². The predicted octanol–water partition coefficient (Wildman–Crippen LogP) is 2.56. The highest BCUT2D eigenvalue weighted by Gasteiger charge is 2.38. The maximum Gasteiger partial charge on any atom is 0.416 e. The molecule has 1 aliphatic rings. The number of benzene rings is 1. The zero-order valence-corrected chi connectivity index (χ0v) is 13.3. The van der Waals surface area contributed by atoms with Gasteiger partial charge in [-0.05, 0) is 31.5 Å². The van der Waals surface area contributed by atoms with Crippen LogP contribution in [0.5, 0.6) is 0 Å². The molecule has 1 aliphatic heterocycles. The van der Waals surface area contributed by atoms with Gasteiger partial charge in [-0.25, -0.2) is 4.79 Å². The molecule has 1 saturated heterocycles. The number of nitrogens with zero attached hydrogens (tertiary/aromatic N) is 1. The number of amides is 1. The average Bonchev–Trinajstić information content (AvgIpc) is 2.53. The maximum atomic E-state index is 12.7. The molecular formula is C16H18F3NO4. The summed E-state index contributed by atoms with van der Waals surface area (Å²) in [4.78, 5) is 25.4. The highest BCUT2D eigenvalue weighted by molar-refractivity contribution is 6.32. The average molecular weight is 345 g/mol. The monoisotopic (exact) mass is 345 g/mol. The van der Waals surface area contributed by atoms with Gasteiger partial charge in [0.05, 0.1) is 37.5 Å². The summed E-state index contributed by atoms with van der Waals surface area (Å²) in [6.07, 6.45) is -4.44. The molecule has 0 spiro atoms. The smallest absolute Gasteiger partial charge is 0.416 e. The van der Waals surface area contributed by atoms with E-state index in [1.165, 1.54) is 17.0 Å². The van der Waals surface area contributed by atoms with Crippen molar-refractivity contribution in [1.82, 2.24) is 4.90 Å². The van der Waals surface area contributed by atoms with Crippen LogP contribution in [0.15, 0.2) is 24.3 Å². The number of ether oxygens (including phenoxy) is 2. The standard InChI is InChI=1S/C16H18F3NO4/c1-3-24-15(22)14(21)20-10(2)8-23-9-13(20)11-4-6-12(7-5-11)16(17,18)19/h4-7,10,13H,3,8-9H2,1-2H3. The van der Waals surface area contributed by atoms with Gasteiger partial charge in [-0.1, -0.05) is 12.1 Å². The number of rotatable bonds is 2. The molecule has 0 radical (unpaired) electrons. The van der Waals surface area contributed by atoms with Crippen molar-refractivity contribution in [3.05, 3.63) is 35.4 Å². The molecule has 0 aromatic heterocycles. The fraction of sp³-hybridized carbons (Fsp3) is 0.500. The largest absolute Gasteiger partial charge is 0.459 e. The van der Waals surface area contributed by atoms with Gasteiger partial charge in [0.25, 0.3) is 0 Å². The Kier molecular flexibility index (Phi) is 5.48. The molecule has 0 saturated carbocycles. The molecule has 132 valence electrons. The molecular weight excluding hydrogens is 327 g/mol. The van der Waals surface area contributed by atoms with E-state index in [-0.39, 0.29) is 19.8 Å². The molecule has 24 heavy (non-hydrogen) atoms. The lowest BCUT2D eigenvalue weighted by molar-refractivity contribution is -0.167. The van der Waals surface area contributed by atoms with Crippen LogP contribution in [-0.4, -0.2) is 42.6 Å². The molecule has 1 aromatic rings. The lowest BCUT2D eigenvalue weighted by Crippen LogP contribution is -2.51. The first-order chi connectivity index (χ1) is 11.3. The van der Waals surface area contributed by atoms with E-state index in [1.807, 2.05) is 0 Å². The maximum absolute atomic E-state index is 12.7. The molecule has 1 amide bonds. The molecule has 1 fully saturated rings. The number of carbonyl (C=O) groups excluding carboxylic acids is 2. The van der Waals surface area contributed by atoms with Crippen LogP contribution >= 0.6 is 0 Å². The SMILES string of the molecule is CCOC(=O)C(=O)N1C(C)COCC1c1ccc(C(F)(F)F)cc1. The normalized spacial score (nSPS) is 21.5. The van der Waals surface area contributed by atoms with Gasteiger partial charge in [-0.15, -0.1) is 0 Å². The number of hydrogen-bond acceptors (Lipinski definition) is 4. The van der Waals surface area contributed by atoms with E-state index in [9.17, 15) is 22.8 Å². The van der Waals surface area contributed by atoms with Gasteiger partial charge >= 0.3 is 18.1 Å². The summed E-state index contributed by atoms with van der Waals surface area (Å²) in [6, 6.07) is 3.43. The van der Waals surface area contributed by atoms with Crippen LogP contribution < -0.4 is 0 Å². The van der Waals surface area contributed by atoms with Crippen molar-refractivity contribution in [2.24, 2.45) is 0 Å². The summed E-state index contributed by atoms with van der Waals surface area (Å²) in [6.45, 7) is 3.69. The number of carbonyl (C=O) groups is 2. The molecule has 2 unspecified atom stereocenters. The minimum absolute atomic E-state index is 0.0637. The Morgan fingerprint density at radius 2 is 1.88 bits per heavy atom. The van der Waals surface area contributed by atoms with Crippen molar-refractivity contribution < 1.29 is 32.2 Å². The van der Waals surface area contributed by atoms with Crippen LogP contribution in [0.25, 0.3) is 0 Å². The number of esters is 1. The second-order valence-corrected chi connectivity index (χ2v) is 5.45. The number of alkyl halides is 3. The van der Waals surface area contributed by atoms with Gasteiger partial charge in [0.15, 0.2) is 0 Å². The highest BCUT2D eigenvalue weighted by Crippen LogP contribution is 2.32. The third kappa shape index (κ3) is 3.87. The van der Waals surface area contributed by atoms with Crippen LogP contribution in [0, 0.1) is 0 Å². The molecule has 0 N–H and O–H groups in total. The van der Waals surface area contributed by atoms with Gasteiger partial charge in [-0.2, -0.15) is 13.2 Å². The zero-order valence-electron chi connectivity index (χ0n) is 13.3. The summed E-state index contributed by atoms with van der Waals surface area (Å²) in [7, 11) is 0. The number of morpholine rings is 1. The number of hydrogen-bond donors (Lipinski definition) is 0. The first kappa shape index (κ1) is 18.3. The third-order valence-corrected chi connectivity index (χ3v) is 3.75. The summed E-state index contributed by atoms with van der Waals surface area (Å²) in [5.41, 5.74) is -0.313. The number of halogens is 3. The predicted molar refractivity (Wildman–Crippen MR) is 77.9 cm³/mol. The molecule has 1 heterocycles. The second-order valence-electron chi connectivity index (χ2n) is 5.45. The van der Waals surface area contributed by atoms with Gasteiger partial charge in [0.2, 0.25) is 0 Å². The Bertz CT molecular complexity index is 600. The van der Waals surface area contributed by atoms with Crippen molar-refractivity contribution in [2.75, 3.05) is 19.8 Å². The fourth-order valence-corrected chi connectivity index (χ4v) is 2.61. The molecule has 5 nitrogen and oxygen atoms in total. The summed E-state index contributed by atoms with van der Waals surface area (Å²) >= 11 is 0. The summed E-state index contributed by atoms with van der Waals surface area (Å²) in [5.74, 6) is -1.80. The Morgan fingerprint density at radius 3 is 2.42 bits per heavy atom. The van der Waals surface area contributed by atoms with E-state index in [4.69, 9.17) is 9.47 Å². The van der Waals surface area contributed by atoms with Crippen molar-refractivity contribution in [3.8, 4) is 0 Å². The van der Waals surface area contributed by atoms with Crippen molar-refractivity contribution in [3.63, 3.8) is 0 Å². The van der Waals surface area contributed by atoms with E-state index in [0.29, 0.717) is 5.56 Å². The first-order valence-electron chi connectivity index (χ1n) is 7.50. The first-order valence-corrected chi connectivity index (χ1v) is 7.50. The molecule has 2 rings (SSSR count). The molecule has 8 heteroatoms. The van der Waals surface area contributed by atoms with Gasteiger partial charge < -0.3 is 14.4 Å².